The van der Waals surface area contributed by atoms with Crippen molar-refractivity contribution in [3.8, 4) is 5.82 Å². The Morgan fingerprint density at radius 3 is 2.82 bits per heavy atom. The molecular weight excluding hydrogens is 352 g/mol. The summed E-state index contributed by atoms with van der Waals surface area (Å²) in [6.07, 6.45) is 11.8. The second-order valence-corrected chi connectivity index (χ2v) is 8.10. The van der Waals surface area contributed by atoms with Gasteiger partial charge in [0.15, 0.2) is 11.5 Å². The minimum absolute atomic E-state index is 0.106. The lowest BCUT2D eigenvalue weighted by Crippen LogP contribution is -2.51. The Kier molecular flexibility index (Phi) is 3.24. The van der Waals surface area contributed by atoms with Crippen molar-refractivity contribution >= 4 is 5.91 Å². The van der Waals surface area contributed by atoms with Crippen LogP contribution in [0.1, 0.15) is 59.0 Å². The molecule has 2 fully saturated rings. The number of pyridine rings is 1. The molecule has 2 saturated carbocycles. The lowest BCUT2D eigenvalue weighted by atomic mass is 9.74. The zero-order valence-electron chi connectivity index (χ0n) is 15.4. The normalized spacial score (nSPS) is 23.4. The molecule has 0 saturated heterocycles. The van der Waals surface area contributed by atoms with Gasteiger partial charge in [0, 0.05) is 30.1 Å². The van der Waals surface area contributed by atoms with Gasteiger partial charge in [-0.2, -0.15) is 5.10 Å². The van der Waals surface area contributed by atoms with E-state index in [9.17, 15) is 4.79 Å². The highest BCUT2D eigenvalue weighted by Crippen LogP contribution is 2.57. The molecule has 3 aliphatic carbocycles. The third-order valence-electron chi connectivity index (χ3n) is 6.46. The predicted octanol–water partition coefficient (Wildman–Crippen LogP) is 2.53. The molecule has 1 N–H and O–H groups in total. The van der Waals surface area contributed by atoms with Crippen molar-refractivity contribution in [2.75, 3.05) is 0 Å². The highest BCUT2D eigenvalue weighted by Gasteiger charge is 2.51. The van der Waals surface area contributed by atoms with Crippen molar-refractivity contribution in [2.45, 2.75) is 43.6 Å². The van der Waals surface area contributed by atoms with Gasteiger partial charge in [-0.15, -0.1) is 0 Å². The Balaban J connectivity index is 1.38. The Labute approximate surface area is 162 Å². The van der Waals surface area contributed by atoms with Gasteiger partial charge in [-0.3, -0.25) is 14.8 Å². The first-order valence-corrected chi connectivity index (χ1v) is 9.87. The Bertz CT molecular complexity index is 1060. The van der Waals surface area contributed by atoms with Gasteiger partial charge in [0.05, 0.1) is 23.1 Å². The molecular formula is C21H20N6O. The zero-order valence-corrected chi connectivity index (χ0v) is 15.4. The topological polar surface area (TPSA) is 85.6 Å². The van der Waals surface area contributed by atoms with Crippen LogP contribution in [0, 0.1) is 5.92 Å². The van der Waals surface area contributed by atoms with Gasteiger partial charge in [-0.1, -0.05) is 6.07 Å². The fourth-order valence-electron chi connectivity index (χ4n) is 4.77. The summed E-state index contributed by atoms with van der Waals surface area (Å²) in [5, 5.41) is 7.97. The second-order valence-electron chi connectivity index (χ2n) is 8.10. The third kappa shape index (κ3) is 2.25. The number of amides is 1. The SMILES string of the molecule is O=C(NC1(c2ccccn2)CCC1)c1nn(-c2cnccn2)c2c1C[C@@H]1C[C@H]21. The number of fused-ring (bicyclic) bond motifs is 3. The van der Waals surface area contributed by atoms with E-state index in [0.29, 0.717) is 23.3 Å². The van der Waals surface area contributed by atoms with E-state index < -0.39 is 0 Å². The van der Waals surface area contributed by atoms with E-state index in [1.807, 2.05) is 22.9 Å². The Morgan fingerprint density at radius 1 is 1.18 bits per heavy atom. The average molecular weight is 372 g/mol. The summed E-state index contributed by atoms with van der Waals surface area (Å²) in [5.74, 6) is 1.72. The van der Waals surface area contributed by atoms with Crippen LogP contribution in [-0.2, 0) is 12.0 Å². The van der Waals surface area contributed by atoms with Crippen LogP contribution in [0.2, 0.25) is 0 Å². The minimum Gasteiger partial charge on any atom is -0.340 e. The van der Waals surface area contributed by atoms with Crippen molar-refractivity contribution in [1.82, 2.24) is 30.0 Å². The van der Waals surface area contributed by atoms with Gasteiger partial charge in [-0.25, -0.2) is 9.67 Å². The molecule has 0 aromatic carbocycles. The first kappa shape index (κ1) is 15.9. The van der Waals surface area contributed by atoms with E-state index in [2.05, 4.69) is 20.3 Å². The highest BCUT2D eigenvalue weighted by atomic mass is 16.2. The monoisotopic (exact) mass is 372 g/mol. The maximum atomic E-state index is 13.3. The van der Waals surface area contributed by atoms with Crippen LogP contribution >= 0.6 is 0 Å². The molecule has 28 heavy (non-hydrogen) atoms. The number of carbonyl (C=O) groups excluding carboxylic acids is 1. The number of aromatic nitrogens is 5. The molecule has 2 atom stereocenters. The summed E-state index contributed by atoms with van der Waals surface area (Å²) < 4.78 is 1.84. The first-order valence-electron chi connectivity index (χ1n) is 9.87. The molecule has 6 rings (SSSR count). The van der Waals surface area contributed by atoms with Gasteiger partial charge in [0.25, 0.3) is 5.91 Å². The van der Waals surface area contributed by atoms with Crippen LogP contribution in [0.15, 0.2) is 43.0 Å². The lowest BCUT2D eigenvalue weighted by molar-refractivity contribution is 0.0810. The summed E-state index contributed by atoms with van der Waals surface area (Å²) in [6.45, 7) is 0. The summed E-state index contributed by atoms with van der Waals surface area (Å²) in [4.78, 5) is 26.4. The number of hydrogen-bond donors (Lipinski definition) is 1. The molecule has 7 heteroatoms. The maximum absolute atomic E-state index is 13.3. The quantitative estimate of drug-likeness (QED) is 0.761. The first-order chi connectivity index (χ1) is 13.8. The largest absolute Gasteiger partial charge is 0.340 e. The standard InChI is InChI=1S/C21H20N6O/c28-20(25-21(5-3-6-21)16-4-1-2-7-23-16)18-15-11-13-10-14(13)19(15)27(26-18)17-12-22-8-9-24-17/h1-2,4,7-9,12-14H,3,5-6,10-11H2,(H,25,28)/t13-,14-/m0/s1. The molecule has 7 nitrogen and oxygen atoms in total. The van der Waals surface area contributed by atoms with Crippen molar-refractivity contribution in [2.24, 2.45) is 5.92 Å². The van der Waals surface area contributed by atoms with E-state index >= 15 is 0 Å². The Hall–Kier alpha value is -3.09. The van der Waals surface area contributed by atoms with Gasteiger partial charge < -0.3 is 5.32 Å². The number of nitrogens with one attached hydrogen (secondary N) is 1. The molecule has 3 aromatic heterocycles. The summed E-state index contributed by atoms with van der Waals surface area (Å²) in [7, 11) is 0. The van der Waals surface area contributed by atoms with Crippen LogP contribution in [-0.4, -0.2) is 30.6 Å². The summed E-state index contributed by atoms with van der Waals surface area (Å²) >= 11 is 0. The number of carbonyl (C=O) groups is 1. The van der Waals surface area contributed by atoms with Crippen molar-refractivity contribution < 1.29 is 4.79 Å². The molecule has 3 aliphatic rings. The average Bonchev–Trinajstić information content (AvgIpc) is 3.21. The fourth-order valence-corrected chi connectivity index (χ4v) is 4.77. The third-order valence-corrected chi connectivity index (χ3v) is 6.46. The van der Waals surface area contributed by atoms with Crippen LogP contribution in [0.25, 0.3) is 5.82 Å². The number of rotatable bonds is 4. The fraction of sp³-hybridized carbons (Fsp3) is 0.381. The highest BCUT2D eigenvalue weighted by molar-refractivity contribution is 5.95. The van der Waals surface area contributed by atoms with E-state index in [1.54, 1.807) is 24.8 Å². The molecule has 0 bridgehead atoms. The minimum atomic E-state index is -0.372. The van der Waals surface area contributed by atoms with Gasteiger partial charge in [-0.05, 0) is 50.2 Å². The molecule has 0 radical (unpaired) electrons. The molecule has 1 amide bonds. The number of hydrogen-bond acceptors (Lipinski definition) is 5. The zero-order chi connectivity index (χ0) is 18.7. The van der Waals surface area contributed by atoms with E-state index in [4.69, 9.17) is 5.10 Å². The van der Waals surface area contributed by atoms with E-state index in [1.165, 1.54) is 6.42 Å². The predicted molar refractivity (Wildman–Crippen MR) is 101 cm³/mol. The summed E-state index contributed by atoms with van der Waals surface area (Å²) in [6, 6.07) is 5.87. The smallest absolute Gasteiger partial charge is 0.272 e. The van der Waals surface area contributed by atoms with Crippen molar-refractivity contribution in [1.29, 1.82) is 0 Å². The van der Waals surface area contributed by atoms with Crippen LogP contribution in [0.4, 0.5) is 0 Å². The molecule has 140 valence electrons. The van der Waals surface area contributed by atoms with Crippen LogP contribution in [0.3, 0.4) is 0 Å². The second kappa shape index (κ2) is 5.70. The van der Waals surface area contributed by atoms with Crippen LogP contribution < -0.4 is 5.32 Å². The van der Waals surface area contributed by atoms with Crippen molar-refractivity contribution in [3.05, 3.63) is 65.6 Å². The van der Waals surface area contributed by atoms with E-state index in [0.717, 1.165) is 42.6 Å². The van der Waals surface area contributed by atoms with Gasteiger partial charge >= 0.3 is 0 Å². The Morgan fingerprint density at radius 2 is 2.11 bits per heavy atom. The molecule has 0 aliphatic heterocycles. The molecule has 3 heterocycles. The lowest BCUT2D eigenvalue weighted by Gasteiger charge is -2.41. The van der Waals surface area contributed by atoms with Gasteiger partial charge in [0.1, 0.15) is 0 Å². The summed E-state index contributed by atoms with van der Waals surface area (Å²) in [5.41, 5.74) is 3.33. The number of nitrogens with zero attached hydrogens (tertiary/aromatic N) is 5. The molecule has 0 unspecified atom stereocenters. The maximum Gasteiger partial charge on any atom is 0.272 e. The van der Waals surface area contributed by atoms with E-state index in [-0.39, 0.29) is 11.4 Å². The molecule has 0 spiro atoms. The van der Waals surface area contributed by atoms with Crippen molar-refractivity contribution in [3.63, 3.8) is 0 Å². The van der Waals surface area contributed by atoms with Crippen LogP contribution in [0.5, 0.6) is 0 Å². The van der Waals surface area contributed by atoms with Gasteiger partial charge in [0.2, 0.25) is 0 Å². The molecule has 3 aromatic rings.